The van der Waals surface area contributed by atoms with Crippen molar-refractivity contribution in [1.29, 1.82) is 0 Å². The highest BCUT2D eigenvalue weighted by atomic mass is 79.9. The Morgan fingerprint density at radius 2 is 2.19 bits per heavy atom. The Kier molecular flexibility index (Phi) is 4.70. The van der Waals surface area contributed by atoms with Gasteiger partial charge in [-0.25, -0.2) is 14.2 Å². The number of halogens is 2. The summed E-state index contributed by atoms with van der Waals surface area (Å²) in [5.41, 5.74) is 1.35. The summed E-state index contributed by atoms with van der Waals surface area (Å²) >= 11 is 3.27. The second-order valence-corrected chi connectivity index (χ2v) is 5.09. The van der Waals surface area contributed by atoms with Crippen molar-refractivity contribution < 1.29 is 19.0 Å². The number of aryl methyl sites for hydroxylation is 1. The molecule has 0 fully saturated rings. The van der Waals surface area contributed by atoms with Crippen LogP contribution in [0.4, 0.5) is 4.39 Å². The van der Waals surface area contributed by atoms with Gasteiger partial charge in [-0.3, -0.25) is 0 Å². The van der Waals surface area contributed by atoms with Crippen molar-refractivity contribution in [2.45, 2.75) is 6.92 Å². The largest absolute Gasteiger partial charge is 0.478 e. The number of aliphatic carboxylic acids is 1. The van der Waals surface area contributed by atoms with Crippen LogP contribution in [0, 0.1) is 12.7 Å². The van der Waals surface area contributed by atoms with E-state index < -0.39 is 11.8 Å². The van der Waals surface area contributed by atoms with Crippen LogP contribution in [0.3, 0.4) is 0 Å². The van der Waals surface area contributed by atoms with Gasteiger partial charge in [-0.2, -0.15) is 0 Å². The lowest BCUT2D eigenvalue weighted by molar-refractivity contribution is -0.131. The third kappa shape index (κ3) is 4.13. The number of benzene rings is 1. The molecule has 2 rings (SSSR count). The fraction of sp³-hybridized carbons (Fsp3) is 0.0667. The molecule has 1 aromatic carbocycles. The van der Waals surface area contributed by atoms with Crippen LogP contribution in [-0.2, 0) is 4.79 Å². The van der Waals surface area contributed by atoms with Gasteiger partial charge in [-0.15, -0.1) is 0 Å². The maximum atomic E-state index is 13.2. The molecule has 1 heterocycles. The van der Waals surface area contributed by atoms with E-state index in [1.54, 1.807) is 19.1 Å². The molecule has 6 heteroatoms. The smallest absolute Gasteiger partial charge is 0.328 e. The van der Waals surface area contributed by atoms with Crippen LogP contribution >= 0.6 is 15.9 Å². The van der Waals surface area contributed by atoms with E-state index >= 15 is 0 Å². The van der Waals surface area contributed by atoms with Gasteiger partial charge in [-0.1, -0.05) is 0 Å². The van der Waals surface area contributed by atoms with Crippen molar-refractivity contribution in [3.05, 3.63) is 58.0 Å². The molecule has 0 spiro atoms. The number of aromatic nitrogens is 1. The van der Waals surface area contributed by atoms with Crippen LogP contribution in [0.5, 0.6) is 11.6 Å². The second-order valence-electron chi connectivity index (χ2n) is 4.24. The molecular formula is C15H11BrFNO3. The highest BCUT2D eigenvalue weighted by Crippen LogP contribution is 2.31. The first-order chi connectivity index (χ1) is 9.95. The van der Waals surface area contributed by atoms with Gasteiger partial charge in [0.15, 0.2) is 0 Å². The number of nitrogens with zero attached hydrogens (tertiary/aromatic N) is 1. The summed E-state index contributed by atoms with van der Waals surface area (Å²) < 4.78 is 19.4. The average Bonchev–Trinajstić information content (AvgIpc) is 2.43. The standard InChI is InChI=1S/C15H11BrFNO3/c1-9-6-10(2-5-14(19)20)8-18-15(9)21-13-7-11(17)3-4-12(13)16/h2-8H,1H3,(H,19,20)/b5-2+. The summed E-state index contributed by atoms with van der Waals surface area (Å²) in [6.07, 6.45) is 3.94. The fourth-order valence-corrected chi connectivity index (χ4v) is 1.94. The SMILES string of the molecule is Cc1cc(/C=C/C(=O)O)cnc1Oc1cc(F)ccc1Br. The fourth-order valence-electron chi connectivity index (χ4n) is 1.61. The number of carboxylic acids is 1. The van der Waals surface area contributed by atoms with Crippen molar-refractivity contribution in [3.63, 3.8) is 0 Å². The second kappa shape index (κ2) is 6.49. The summed E-state index contributed by atoms with van der Waals surface area (Å²) in [6.45, 7) is 1.77. The van der Waals surface area contributed by atoms with Crippen LogP contribution in [0.1, 0.15) is 11.1 Å². The number of hydrogen-bond acceptors (Lipinski definition) is 3. The van der Waals surface area contributed by atoms with Crippen molar-refractivity contribution in [2.24, 2.45) is 0 Å². The maximum Gasteiger partial charge on any atom is 0.328 e. The zero-order chi connectivity index (χ0) is 15.4. The first-order valence-electron chi connectivity index (χ1n) is 5.96. The summed E-state index contributed by atoms with van der Waals surface area (Å²) in [5, 5.41) is 8.58. The van der Waals surface area contributed by atoms with Gasteiger partial charge >= 0.3 is 5.97 Å². The Balaban J connectivity index is 2.25. The predicted octanol–water partition coefficient (Wildman–Crippen LogP) is 4.18. The summed E-state index contributed by atoms with van der Waals surface area (Å²) in [6, 6.07) is 5.85. The van der Waals surface area contributed by atoms with E-state index in [1.807, 2.05) is 0 Å². The van der Waals surface area contributed by atoms with E-state index in [9.17, 15) is 9.18 Å². The molecule has 0 saturated heterocycles. The minimum atomic E-state index is -1.03. The lowest BCUT2D eigenvalue weighted by Crippen LogP contribution is -1.94. The Labute approximate surface area is 129 Å². The zero-order valence-electron chi connectivity index (χ0n) is 11.0. The quantitative estimate of drug-likeness (QED) is 0.839. The molecular weight excluding hydrogens is 341 g/mol. The molecule has 0 radical (unpaired) electrons. The highest BCUT2D eigenvalue weighted by molar-refractivity contribution is 9.10. The van der Waals surface area contributed by atoms with E-state index in [0.717, 1.165) is 6.08 Å². The third-order valence-corrected chi connectivity index (χ3v) is 3.22. The van der Waals surface area contributed by atoms with Crippen molar-refractivity contribution in [3.8, 4) is 11.6 Å². The maximum absolute atomic E-state index is 13.2. The van der Waals surface area contributed by atoms with Gasteiger partial charge in [0, 0.05) is 23.9 Å². The molecule has 0 aliphatic heterocycles. The molecule has 0 atom stereocenters. The Morgan fingerprint density at radius 3 is 2.86 bits per heavy atom. The Morgan fingerprint density at radius 1 is 1.43 bits per heavy atom. The van der Waals surface area contributed by atoms with E-state index in [2.05, 4.69) is 20.9 Å². The van der Waals surface area contributed by atoms with Crippen LogP contribution in [0.15, 0.2) is 41.0 Å². The molecule has 0 saturated carbocycles. The van der Waals surface area contributed by atoms with Gasteiger partial charge in [0.2, 0.25) is 5.88 Å². The van der Waals surface area contributed by atoms with Crippen LogP contribution in [0.2, 0.25) is 0 Å². The highest BCUT2D eigenvalue weighted by Gasteiger charge is 2.08. The number of pyridine rings is 1. The van der Waals surface area contributed by atoms with Gasteiger partial charge in [0.1, 0.15) is 11.6 Å². The number of rotatable bonds is 4. The number of hydrogen-bond donors (Lipinski definition) is 1. The summed E-state index contributed by atoms with van der Waals surface area (Å²) in [5.74, 6) is -0.795. The van der Waals surface area contributed by atoms with Gasteiger partial charge in [0.05, 0.1) is 4.47 Å². The number of carbonyl (C=O) groups is 1. The van der Waals surface area contributed by atoms with Crippen LogP contribution in [-0.4, -0.2) is 16.1 Å². The normalized spacial score (nSPS) is 10.8. The van der Waals surface area contributed by atoms with E-state index in [4.69, 9.17) is 9.84 Å². The van der Waals surface area contributed by atoms with E-state index in [-0.39, 0.29) is 0 Å². The van der Waals surface area contributed by atoms with Crippen molar-refractivity contribution in [2.75, 3.05) is 0 Å². The third-order valence-electron chi connectivity index (χ3n) is 2.57. The first-order valence-corrected chi connectivity index (χ1v) is 6.75. The lowest BCUT2D eigenvalue weighted by Gasteiger charge is -2.09. The molecule has 0 amide bonds. The molecule has 0 aliphatic rings. The van der Waals surface area contributed by atoms with Gasteiger partial charge in [0.25, 0.3) is 0 Å². The molecule has 4 nitrogen and oxygen atoms in total. The first kappa shape index (κ1) is 15.2. The van der Waals surface area contributed by atoms with Crippen molar-refractivity contribution >= 4 is 28.0 Å². The van der Waals surface area contributed by atoms with Gasteiger partial charge in [-0.05, 0) is 52.7 Å². The zero-order valence-corrected chi connectivity index (χ0v) is 12.6. The molecule has 108 valence electrons. The Hall–Kier alpha value is -2.21. The summed E-state index contributed by atoms with van der Waals surface area (Å²) in [7, 11) is 0. The average molecular weight is 352 g/mol. The molecule has 1 aromatic heterocycles. The predicted molar refractivity (Wildman–Crippen MR) is 79.8 cm³/mol. The molecule has 21 heavy (non-hydrogen) atoms. The van der Waals surface area contributed by atoms with Crippen LogP contribution in [0.25, 0.3) is 6.08 Å². The van der Waals surface area contributed by atoms with Crippen molar-refractivity contribution in [1.82, 2.24) is 4.98 Å². The lowest BCUT2D eigenvalue weighted by atomic mass is 10.2. The minimum absolute atomic E-state index is 0.319. The summed E-state index contributed by atoms with van der Waals surface area (Å²) in [4.78, 5) is 14.6. The number of carboxylic acid groups (broad SMARTS) is 1. The number of ether oxygens (including phenoxy) is 1. The monoisotopic (exact) mass is 351 g/mol. The Bertz CT molecular complexity index is 716. The van der Waals surface area contributed by atoms with Gasteiger partial charge < -0.3 is 9.84 Å². The molecule has 0 aliphatic carbocycles. The molecule has 0 bridgehead atoms. The van der Waals surface area contributed by atoms with E-state index in [0.29, 0.717) is 27.2 Å². The van der Waals surface area contributed by atoms with E-state index in [1.165, 1.54) is 24.4 Å². The molecule has 1 N–H and O–H groups in total. The van der Waals surface area contributed by atoms with Crippen LogP contribution < -0.4 is 4.74 Å². The minimum Gasteiger partial charge on any atom is -0.478 e. The molecule has 0 unspecified atom stereocenters. The topological polar surface area (TPSA) is 59.4 Å². The molecule has 2 aromatic rings.